The van der Waals surface area contributed by atoms with E-state index in [2.05, 4.69) is 33.9 Å². The highest BCUT2D eigenvalue weighted by atomic mass is 28.4. The van der Waals surface area contributed by atoms with Crippen LogP contribution < -0.4 is 0 Å². The topological polar surface area (TPSA) is 18.5 Å². The Morgan fingerprint density at radius 1 is 0.655 bits per heavy atom. The van der Waals surface area contributed by atoms with Gasteiger partial charge in [0.1, 0.15) is 0 Å². The predicted molar refractivity (Wildman–Crippen MR) is 133 cm³/mol. The molecule has 0 aliphatic carbocycles. The molecule has 0 saturated heterocycles. The van der Waals surface area contributed by atoms with Gasteiger partial charge in [-0.25, -0.2) is 0 Å². The zero-order valence-corrected chi connectivity index (χ0v) is 21.6. The van der Waals surface area contributed by atoms with E-state index in [0.29, 0.717) is 5.92 Å². The zero-order chi connectivity index (χ0) is 21.6. The lowest BCUT2D eigenvalue weighted by Crippen LogP contribution is -2.37. The molecule has 0 rings (SSSR count). The summed E-state index contributed by atoms with van der Waals surface area (Å²) < 4.78 is 12.1. The average Bonchev–Trinajstić information content (AvgIpc) is 2.70. The molecule has 0 aliphatic rings. The molecule has 2 nitrogen and oxygen atoms in total. The van der Waals surface area contributed by atoms with Crippen LogP contribution in [0.4, 0.5) is 0 Å². The molecular weight excluding hydrogens is 372 g/mol. The summed E-state index contributed by atoms with van der Waals surface area (Å²) in [7, 11) is -2.14. The maximum atomic E-state index is 6.08. The largest absolute Gasteiger partial charge is 0.391 e. The molecule has 0 radical (unpaired) electrons. The quantitative estimate of drug-likeness (QED) is 0.120. The Morgan fingerprint density at radius 2 is 1.03 bits per heavy atom. The van der Waals surface area contributed by atoms with Gasteiger partial charge in [0, 0.05) is 13.2 Å². The first-order chi connectivity index (χ1) is 14.0. The molecule has 0 aromatic rings. The van der Waals surface area contributed by atoms with E-state index < -0.39 is 8.56 Å². The minimum atomic E-state index is -2.14. The predicted octanol–water partition coefficient (Wildman–Crippen LogP) is 9.12. The smallest absolute Gasteiger partial charge is 0.361 e. The van der Waals surface area contributed by atoms with Crippen molar-refractivity contribution in [2.24, 2.45) is 5.92 Å². The zero-order valence-electron chi connectivity index (χ0n) is 20.6. The van der Waals surface area contributed by atoms with Crippen molar-refractivity contribution in [1.82, 2.24) is 0 Å². The third-order valence-corrected chi connectivity index (χ3v) is 8.14. The summed E-state index contributed by atoms with van der Waals surface area (Å²) in [5, 5.41) is 0. The second-order valence-electron chi connectivity index (χ2n) is 9.40. The van der Waals surface area contributed by atoms with Gasteiger partial charge in [-0.15, -0.1) is 6.58 Å². The Morgan fingerprint density at radius 3 is 1.41 bits per heavy atom. The van der Waals surface area contributed by atoms with Crippen LogP contribution in [0.3, 0.4) is 0 Å². The highest BCUT2D eigenvalue weighted by molar-refractivity contribution is 6.71. The molecule has 0 amide bonds. The van der Waals surface area contributed by atoms with Crippen LogP contribution in [0.1, 0.15) is 130 Å². The van der Waals surface area contributed by atoms with Gasteiger partial charge < -0.3 is 8.85 Å². The summed E-state index contributed by atoms with van der Waals surface area (Å²) in [5.41, 5.74) is 1.93. The Labute approximate surface area is 185 Å². The molecule has 174 valence electrons. The monoisotopic (exact) mass is 426 g/mol. The van der Waals surface area contributed by atoms with E-state index in [0.717, 1.165) is 26.1 Å². The van der Waals surface area contributed by atoms with E-state index in [4.69, 9.17) is 8.85 Å². The SMILES string of the molecule is C=C[Si](C)(OCCCCCCCCCCCCCCCCCC)OCCC(C)C. The molecule has 0 heterocycles. The fraction of sp³-hybridized carbons (Fsp3) is 0.923. The summed E-state index contributed by atoms with van der Waals surface area (Å²) in [6.07, 6.45) is 23.5. The van der Waals surface area contributed by atoms with Crippen LogP contribution in [0.25, 0.3) is 0 Å². The fourth-order valence-electron chi connectivity index (χ4n) is 3.58. The molecule has 0 spiro atoms. The number of hydrogen-bond acceptors (Lipinski definition) is 2. The van der Waals surface area contributed by atoms with Crippen molar-refractivity contribution < 1.29 is 8.85 Å². The first kappa shape index (κ1) is 28.9. The van der Waals surface area contributed by atoms with Crippen molar-refractivity contribution in [2.45, 2.75) is 136 Å². The molecule has 0 saturated carbocycles. The number of hydrogen-bond donors (Lipinski definition) is 0. The number of unbranched alkanes of at least 4 members (excludes halogenated alkanes) is 15. The first-order valence-electron chi connectivity index (χ1n) is 13.0. The second kappa shape index (κ2) is 21.1. The van der Waals surface area contributed by atoms with Crippen molar-refractivity contribution in [3.05, 3.63) is 12.3 Å². The van der Waals surface area contributed by atoms with Gasteiger partial charge in [-0.1, -0.05) is 117 Å². The van der Waals surface area contributed by atoms with Gasteiger partial charge in [-0.05, 0) is 31.0 Å². The average molecular weight is 427 g/mol. The van der Waals surface area contributed by atoms with Crippen LogP contribution in [0.5, 0.6) is 0 Å². The van der Waals surface area contributed by atoms with Crippen LogP contribution in [-0.4, -0.2) is 21.8 Å². The van der Waals surface area contributed by atoms with Crippen LogP contribution in [0.2, 0.25) is 6.55 Å². The van der Waals surface area contributed by atoms with Crippen LogP contribution >= 0.6 is 0 Å². The lowest BCUT2D eigenvalue weighted by atomic mass is 10.0. The van der Waals surface area contributed by atoms with E-state index in [1.165, 1.54) is 96.3 Å². The Bertz CT molecular complexity index is 346. The lowest BCUT2D eigenvalue weighted by molar-refractivity contribution is 0.173. The van der Waals surface area contributed by atoms with E-state index in [-0.39, 0.29) is 0 Å². The van der Waals surface area contributed by atoms with Crippen molar-refractivity contribution in [1.29, 1.82) is 0 Å². The van der Waals surface area contributed by atoms with E-state index >= 15 is 0 Å². The van der Waals surface area contributed by atoms with Crippen molar-refractivity contribution >= 4 is 8.56 Å². The van der Waals surface area contributed by atoms with Gasteiger partial charge in [-0.2, -0.15) is 0 Å². The van der Waals surface area contributed by atoms with E-state index in [9.17, 15) is 0 Å². The Kier molecular flexibility index (Phi) is 21.0. The van der Waals surface area contributed by atoms with Gasteiger partial charge in [0.25, 0.3) is 0 Å². The second-order valence-corrected chi connectivity index (χ2v) is 12.4. The fourth-order valence-corrected chi connectivity index (χ4v) is 4.97. The van der Waals surface area contributed by atoms with Gasteiger partial charge in [0.05, 0.1) is 0 Å². The highest BCUT2D eigenvalue weighted by Gasteiger charge is 2.27. The Balaban J connectivity index is 3.33. The summed E-state index contributed by atoms with van der Waals surface area (Å²) in [4.78, 5) is 0. The summed E-state index contributed by atoms with van der Waals surface area (Å²) in [6, 6.07) is 0. The van der Waals surface area contributed by atoms with Gasteiger partial charge in [-0.3, -0.25) is 0 Å². The summed E-state index contributed by atoms with van der Waals surface area (Å²) >= 11 is 0. The molecule has 0 N–H and O–H groups in total. The molecule has 0 aromatic heterocycles. The molecule has 0 aliphatic heterocycles. The van der Waals surface area contributed by atoms with Crippen LogP contribution in [0, 0.1) is 5.92 Å². The van der Waals surface area contributed by atoms with Gasteiger partial charge >= 0.3 is 8.56 Å². The lowest BCUT2D eigenvalue weighted by Gasteiger charge is -2.24. The minimum absolute atomic E-state index is 0.679. The third-order valence-electron chi connectivity index (χ3n) is 5.84. The van der Waals surface area contributed by atoms with Gasteiger partial charge in [0.15, 0.2) is 0 Å². The number of rotatable bonds is 23. The van der Waals surface area contributed by atoms with Crippen LogP contribution in [0.15, 0.2) is 12.3 Å². The summed E-state index contributed by atoms with van der Waals surface area (Å²) in [5.74, 6) is 0.679. The van der Waals surface area contributed by atoms with E-state index in [1.807, 2.05) is 5.70 Å². The standard InChI is InChI=1S/C26H54O2Si/c1-6-8-9-10-11-12-13-14-15-16-17-18-19-20-21-22-24-27-29(5,7-2)28-25-23-26(3)4/h7,26H,2,6,8-25H2,1,3-5H3. The Hall–Kier alpha value is -0.123. The molecule has 1 unspecified atom stereocenters. The molecular formula is C26H54O2Si. The summed E-state index contributed by atoms with van der Waals surface area (Å²) in [6.45, 7) is 14.4. The molecule has 3 heteroatoms. The van der Waals surface area contributed by atoms with Crippen molar-refractivity contribution in [2.75, 3.05) is 13.2 Å². The van der Waals surface area contributed by atoms with Gasteiger partial charge in [0.2, 0.25) is 0 Å². The highest BCUT2D eigenvalue weighted by Crippen LogP contribution is 2.15. The van der Waals surface area contributed by atoms with Crippen molar-refractivity contribution in [3.8, 4) is 0 Å². The molecule has 0 bridgehead atoms. The first-order valence-corrected chi connectivity index (χ1v) is 15.3. The molecule has 29 heavy (non-hydrogen) atoms. The third kappa shape index (κ3) is 20.9. The maximum Gasteiger partial charge on any atom is 0.361 e. The van der Waals surface area contributed by atoms with Crippen LogP contribution in [-0.2, 0) is 8.85 Å². The van der Waals surface area contributed by atoms with Crippen molar-refractivity contribution in [3.63, 3.8) is 0 Å². The molecule has 1 atom stereocenters. The molecule has 0 aromatic carbocycles. The minimum Gasteiger partial charge on any atom is -0.391 e. The molecule has 0 fully saturated rings. The maximum absolute atomic E-state index is 6.08. The van der Waals surface area contributed by atoms with E-state index in [1.54, 1.807) is 0 Å². The normalized spacial score (nSPS) is 13.7.